The maximum Gasteiger partial charge on any atom is 0.246 e. The predicted octanol–water partition coefficient (Wildman–Crippen LogP) is 1.78. The molecule has 5 heteroatoms. The number of nitrogens with one attached hydrogen (secondary N) is 1. The molecule has 2 rings (SSSR count). The summed E-state index contributed by atoms with van der Waals surface area (Å²) in [4.78, 5) is 12.2. The lowest BCUT2D eigenvalue weighted by Gasteiger charge is -2.20. The Morgan fingerprint density at radius 3 is 3.00 bits per heavy atom. The van der Waals surface area contributed by atoms with Gasteiger partial charge in [0.1, 0.15) is 11.3 Å². The van der Waals surface area contributed by atoms with Gasteiger partial charge in [-0.2, -0.15) is 0 Å². The van der Waals surface area contributed by atoms with E-state index in [1.165, 1.54) is 0 Å². The Labute approximate surface area is 119 Å². The van der Waals surface area contributed by atoms with E-state index in [1.807, 2.05) is 18.2 Å². The topological polar surface area (TPSA) is 73.6 Å². The summed E-state index contributed by atoms with van der Waals surface area (Å²) in [7, 11) is 0. The first-order valence-electron chi connectivity index (χ1n) is 6.90. The molecule has 0 aliphatic carbocycles. The Morgan fingerprint density at radius 1 is 1.55 bits per heavy atom. The zero-order chi connectivity index (χ0) is 14.6. The van der Waals surface area contributed by atoms with Gasteiger partial charge in [-0.3, -0.25) is 4.79 Å². The van der Waals surface area contributed by atoms with Gasteiger partial charge in [0.05, 0.1) is 13.2 Å². The average Bonchev–Trinajstić information content (AvgIpc) is 2.85. The number of benzene rings is 1. The number of hydrogen-bond acceptors (Lipinski definition) is 4. The summed E-state index contributed by atoms with van der Waals surface area (Å²) in [5.74, 6) is 0.984. The van der Waals surface area contributed by atoms with Crippen molar-refractivity contribution in [3.8, 4) is 5.75 Å². The summed E-state index contributed by atoms with van der Waals surface area (Å²) < 4.78 is 10.8. The van der Waals surface area contributed by atoms with Gasteiger partial charge in [-0.25, -0.2) is 0 Å². The minimum Gasteiger partial charge on any atom is -0.493 e. The fourth-order valence-corrected chi connectivity index (χ4v) is 1.94. The second-order valence-corrected chi connectivity index (χ2v) is 5.65. The van der Waals surface area contributed by atoms with Gasteiger partial charge < -0.3 is 20.5 Å². The SMILES string of the molecule is CC(C)COc1cccc(NC(=O)C2(N)CCOC2)c1. The molecule has 110 valence electrons. The standard InChI is InChI=1S/C15H22N2O3/c1-11(2)9-20-13-5-3-4-12(8-13)17-14(18)15(16)6-7-19-10-15/h3-5,8,11H,6-7,9-10,16H2,1-2H3,(H,17,18). The molecule has 3 N–H and O–H groups in total. The van der Waals surface area contributed by atoms with E-state index in [-0.39, 0.29) is 12.5 Å². The van der Waals surface area contributed by atoms with E-state index in [0.717, 1.165) is 5.75 Å². The van der Waals surface area contributed by atoms with Crippen LogP contribution in [0.25, 0.3) is 0 Å². The van der Waals surface area contributed by atoms with Crippen molar-refractivity contribution in [2.75, 3.05) is 25.1 Å². The van der Waals surface area contributed by atoms with Crippen LogP contribution < -0.4 is 15.8 Å². The number of ether oxygens (including phenoxy) is 2. The number of carbonyl (C=O) groups is 1. The normalized spacial score (nSPS) is 22.0. The molecule has 1 aromatic rings. The minimum atomic E-state index is -0.922. The Morgan fingerprint density at radius 2 is 2.35 bits per heavy atom. The summed E-state index contributed by atoms with van der Waals surface area (Å²) in [5, 5.41) is 2.83. The highest BCUT2D eigenvalue weighted by atomic mass is 16.5. The van der Waals surface area contributed by atoms with Crippen molar-refractivity contribution in [1.29, 1.82) is 0 Å². The van der Waals surface area contributed by atoms with Crippen LogP contribution in [0.3, 0.4) is 0 Å². The Kier molecular flexibility index (Phi) is 4.62. The average molecular weight is 278 g/mol. The van der Waals surface area contributed by atoms with Crippen LogP contribution >= 0.6 is 0 Å². The number of anilines is 1. The third-order valence-corrected chi connectivity index (χ3v) is 3.18. The van der Waals surface area contributed by atoms with E-state index in [2.05, 4.69) is 19.2 Å². The van der Waals surface area contributed by atoms with Gasteiger partial charge in [0.2, 0.25) is 5.91 Å². The van der Waals surface area contributed by atoms with Gasteiger partial charge >= 0.3 is 0 Å². The molecule has 0 saturated carbocycles. The fraction of sp³-hybridized carbons (Fsp3) is 0.533. The molecule has 1 aromatic carbocycles. The first-order valence-corrected chi connectivity index (χ1v) is 6.90. The van der Waals surface area contributed by atoms with Crippen LogP contribution in [0.1, 0.15) is 20.3 Å². The highest BCUT2D eigenvalue weighted by Gasteiger charge is 2.38. The molecule has 0 spiro atoms. The Hall–Kier alpha value is -1.59. The molecule has 1 aliphatic rings. The van der Waals surface area contributed by atoms with Crippen molar-refractivity contribution in [2.24, 2.45) is 11.7 Å². The third-order valence-electron chi connectivity index (χ3n) is 3.18. The van der Waals surface area contributed by atoms with E-state index in [0.29, 0.717) is 31.2 Å². The molecular formula is C15H22N2O3. The Balaban J connectivity index is 1.98. The second kappa shape index (κ2) is 6.24. The molecule has 1 unspecified atom stereocenters. The number of nitrogens with two attached hydrogens (primary N) is 1. The maximum absolute atomic E-state index is 12.2. The fourth-order valence-electron chi connectivity index (χ4n) is 1.94. The van der Waals surface area contributed by atoms with Gasteiger partial charge in [-0.15, -0.1) is 0 Å². The monoisotopic (exact) mass is 278 g/mol. The molecule has 1 heterocycles. The molecule has 1 amide bonds. The lowest BCUT2D eigenvalue weighted by atomic mass is 9.99. The lowest BCUT2D eigenvalue weighted by Crippen LogP contribution is -2.51. The van der Waals surface area contributed by atoms with Crippen molar-refractivity contribution in [2.45, 2.75) is 25.8 Å². The summed E-state index contributed by atoms with van der Waals surface area (Å²) in [5.41, 5.74) is 5.78. The largest absolute Gasteiger partial charge is 0.493 e. The predicted molar refractivity (Wildman–Crippen MR) is 77.8 cm³/mol. The van der Waals surface area contributed by atoms with Crippen molar-refractivity contribution in [3.05, 3.63) is 24.3 Å². The summed E-state index contributed by atoms with van der Waals surface area (Å²) in [6, 6.07) is 7.34. The molecular weight excluding hydrogens is 256 g/mol. The number of hydrogen-bond donors (Lipinski definition) is 2. The van der Waals surface area contributed by atoms with Crippen LogP contribution in [0.5, 0.6) is 5.75 Å². The summed E-state index contributed by atoms with van der Waals surface area (Å²) >= 11 is 0. The third kappa shape index (κ3) is 3.71. The zero-order valence-corrected chi connectivity index (χ0v) is 12.0. The summed E-state index contributed by atoms with van der Waals surface area (Å²) in [6.07, 6.45) is 0.544. The number of rotatable bonds is 5. The first-order chi connectivity index (χ1) is 9.49. The molecule has 5 nitrogen and oxygen atoms in total. The molecule has 1 aliphatic heterocycles. The van der Waals surface area contributed by atoms with E-state index < -0.39 is 5.54 Å². The van der Waals surface area contributed by atoms with Gasteiger partial charge in [0.25, 0.3) is 0 Å². The zero-order valence-electron chi connectivity index (χ0n) is 12.0. The van der Waals surface area contributed by atoms with Crippen LogP contribution in [0, 0.1) is 5.92 Å². The molecule has 1 saturated heterocycles. The summed E-state index contributed by atoms with van der Waals surface area (Å²) in [6.45, 7) is 5.61. The van der Waals surface area contributed by atoms with Crippen LogP contribution in [0.2, 0.25) is 0 Å². The van der Waals surface area contributed by atoms with E-state index in [9.17, 15) is 4.79 Å². The van der Waals surface area contributed by atoms with Gasteiger partial charge in [0, 0.05) is 18.4 Å². The van der Waals surface area contributed by atoms with Crippen LogP contribution in [0.15, 0.2) is 24.3 Å². The smallest absolute Gasteiger partial charge is 0.246 e. The van der Waals surface area contributed by atoms with Gasteiger partial charge in [0.15, 0.2) is 0 Å². The van der Waals surface area contributed by atoms with Crippen LogP contribution in [0.4, 0.5) is 5.69 Å². The van der Waals surface area contributed by atoms with Crippen molar-refractivity contribution < 1.29 is 14.3 Å². The highest BCUT2D eigenvalue weighted by molar-refractivity contribution is 5.98. The molecule has 1 atom stereocenters. The van der Waals surface area contributed by atoms with Crippen molar-refractivity contribution in [1.82, 2.24) is 0 Å². The van der Waals surface area contributed by atoms with Gasteiger partial charge in [-0.1, -0.05) is 19.9 Å². The highest BCUT2D eigenvalue weighted by Crippen LogP contribution is 2.21. The quantitative estimate of drug-likeness (QED) is 0.861. The second-order valence-electron chi connectivity index (χ2n) is 5.65. The van der Waals surface area contributed by atoms with Crippen LogP contribution in [-0.2, 0) is 9.53 Å². The molecule has 0 aromatic heterocycles. The minimum absolute atomic E-state index is 0.212. The maximum atomic E-state index is 12.2. The van der Waals surface area contributed by atoms with Crippen LogP contribution in [-0.4, -0.2) is 31.3 Å². The molecule has 0 radical (unpaired) electrons. The van der Waals surface area contributed by atoms with Crippen molar-refractivity contribution >= 4 is 11.6 Å². The molecule has 1 fully saturated rings. The Bertz CT molecular complexity index is 468. The lowest BCUT2D eigenvalue weighted by molar-refractivity contribution is -0.121. The van der Waals surface area contributed by atoms with E-state index in [1.54, 1.807) is 6.07 Å². The van der Waals surface area contributed by atoms with E-state index >= 15 is 0 Å². The first kappa shape index (κ1) is 14.8. The van der Waals surface area contributed by atoms with Gasteiger partial charge in [-0.05, 0) is 24.5 Å². The molecule has 20 heavy (non-hydrogen) atoms. The molecule has 0 bridgehead atoms. The number of carbonyl (C=O) groups excluding carboxylic acids is 1. The number of amides is 1. The van der Waals surface area contributed by atoms with E-state index in [4.69, 9.17) is 15.2 Å². The van der Waals surface area contributed by atoms with Crippen molar-refractivity contribution in [3.63, 3.8) is 0 Å².